The first-order valence-corrected chi connectivity index (χ1v) is 16.3. The normalized spacial score (nSPS) is 12.0. The van der Waals surface area contributed by atoms with E-state index in [-0.39, 0.29) is 0 Å². The number of hydrogen-bond acceptors (Lipinski definition) is 2. The van der Waals surface area contributed by atoms with E-state index in [0.717, 1.165) is 67.6 Å². The van der Waals surface area contributed by atoms with Crippen LogP contribution in [0.15, 0.2) is 182 Å². The van der Waals surface area contributed by atoms with Gasteiger partial charge in [-0.3, -0.25) is 0 Å². The standard InChI is InChI=1S/C44H30N4O/c1-3-13-32(14-4-1)39-23-11-24-40(33-15-5-2-6-16-33)43(39)47-31-46(42-26-25-34-17-7-8-22-41(34)44(42)47)35-18-9-20-37(29-35)49-38-21-10-19-36(30-38)48-28-12-27-45-48/h1-30H/q+2. The highest BCUT2D eigenvalue weighted by molar-refractivity contribution is 6.06. The third-order valence-electron chi connectivity index (χ3n) is 8.87. The summed E-state index contributed by atoms with van der Waals surface area (Å²) in [7, 11) is 0. The molecule has 9 rings (SSSR count). The van der Waals surface area contributed by atoms with Crippen LogP contribution in [-0.2, 0) is 0 Å². The maximum absolute atomic E-state index is 6.43. The highest BCUT2D eigenvalue weighted by Crippen LogP contribution is 2.47. The Morgan fingerprint density at radius 3 is 1.94 bits per heavy atom. The van der Waals surface area contributed by atoms with Gasteiger partial charge in [0, 0.05) is 30.6 Å². The maximum atomic E-state index is 6.43. The molecule has 2 heterocycles. The van der Waals surface area contributed by atoms with Gasteiger partial charge in [0.15, 0.2) is 0 Å². The number of aromatic nitrogens is 2. The average molecular weight is 631 g/mol. The van der Waals surface area contributed by atoms with Crippen LogP contribution in [0.3, 0.4) is 0 Å². The van der Waals surface area contributed by atoms with Crippen LogP contribution < -0.4 is 13.9 Å². The molecule has 0 aliphatic carbocycles. The minimum absolute atomic E-state index is 0.729. The summed E-state index contributed by atoms with van der Waals surface area (Å²) in [4.78, 5) is 0. The number of fused-ring (bicyclic) bond motifs is 3. The Labute approximate surface area is 284 Å². The molecule has 5 nitrogen and oxygen atoms in total. The third kappa shape index (κ3) is 5.21. The Morgan fingerprint density at radius 1 is 0.531 bits per heavy atom. The van der Waals surface area contributed by atoms with Gasteiger partial charge in [-0.25, -0.2) is 4.68 Å². The molecule has 0 bridgehead atoms. The molecule has 8 aromatic rings. The van der Waals surface area contributed by atoms with Crippen molar-refractivity contribution in [2.45, 2.75) is 0 Å². The lowest BCUT2D eigenvalue weighted by Gasteiger charge is -2.11. The maximum Gasteiger partial charge on any atom is 0.503 e. The van der Waals surface area contributed by atoms with Crippen molar-refractivity contribution in [3.63, 3.8) is 0 Å². The van der Waals surface area contributed by atoms with Crippen molar-refractivity contribution in [2.75, 3.05) is 0 Å². The molecule has 1 aliphatic rings. The van der Waals surface area contributed by atoms with Gasteiger partial charge < -0.3 is 4.74 Å². The summed E-state index contributed by atoms with van der Waals surface area (Å²) >= 11 is 0. The van der Waals surface area contributed by atoms with E-state index in [9.17, 15) is 0 Å². The van der Waals surface area contributed by atoms with E-state index in [4.69, 9.17) is 4.74 Å². The molecule has 1 aliphatic heterocycles. The number of rotatable bonds is 7. The van der Waals surface area contributed by atoms with Crippen LogP contribution in [0, 0.1) is 0 Å². The lowest BCUT2D eigenvalue weighted by atomic mass is 9.95. The molecule has 0 amide bonds. The predicted octanol–water partition coefficient (Wildman–Crippen LogP) is 11.0. The molecule has 0 unspecified atom stereocenters. The molecule has 1 aromatic heterocycles. The van der Waals surface area contributed by atoms with Crippen LogP contribution >= 0.6 is 0 Å². The summed E-state index contributed by atoms with van der Waals surface area (Å²) in [5.74, 6) is 1.46. The quantitative estimate of drug-likeness (QED) is 0.164. The molecule has 0 saturated heterocycles. The zero-order chi connectivity index (χ0) is 32.6. The topological polar surface area (TPSA) is 33.1 Å². The number of nitrogens with zero attached hydrogens (tertiary/aromatic N) is 4. The summed E-state index contributed by atoms with van der Waals surface area (Å²) < 4.78 is 12.7. The first kappa shape index (κ1) is 28.4. The minimum atomic E-state index is 0.729. The summed E-state index contributed by atoms with van der Waals surface area (Å²) in [5.41, 5.74) is 9.61. The van der Waals surface area contributed by atoms with Gasteiger partial charge in [-0.05, 0) is 74.2 Å². The zero-order valence-electron chi connectivity index (χ0n) is 26.5. The second-order valence-corrected chi connectivity index (χ2v) is 11.9. The Kier molecular flexibility index (Phi) is 7.01. The Bertz CT molecular complexity index is 2490. The van der Waals surface area contributed by atoms with E-state index in [1.54, 1.807) is 6.20 Å². The monoisotopic (exact) mass is 630 g/mol. The molecule has 7 aromatic carbocycles. The summed E-state index contributed by atoms with van der Waals surface area (Å²) in [6.45, 7) is 0. The SMILES string of the molecule is C1=[N+](c2cccc(Oc3cccc(-n4cccn4)c3)c2)c2ccc3ccccc3c2[N+]=1c1c(-c2ccccc2)cccc1-c1ccccc1. The summed E-state index contributed by atoms with van der Waals surface area (Å²) in [5, 5.41) is 6.69. The van der Waals surface area contributed by atoms with Gasteiger partial charge in [0.05, 0.1) is 28.3 Å². The van der Waals surface area contributed by atoms with Gasteiger partial charge in [-0.2, -0.15) is 5.10 Å². The highest BCUT2D eigenvalue weighted by atomic mass is 16.5. The lowest BCUT2D eigenvalue weighted by Crippen LogP contribution is -2.05. The number of para-hydroxylation sites is 1. The lowest BCUT2D eigenvalue weighted by molar-refractivity contribution is 0.482. The van der Waals surface area contributed by atoms with Crippen LogP contribution in [0.4, 0.5) is 22.7 Å². The minimum Gasteiger partial charge on any atom is -0.457 e. The van der Waals surface area contributed by atoms with Crippen molar-refractivity contribution in [1.82, 2.24) is 18.9 Å². The second-order valence-electron chi connectivity index (χ2n) is 11.9. The fourth-order valence-corrected chi connectivity index (χ4v) is 6.64. The van der Waals surface area contributed by atoms with E-state index in [0.29, 0.717) is 0 Å². The molecule has 0 N–H and O–H groups in total. The van der Waals surface area contributed by atoms with Gasteiger partial charge in [0.1, 0.15) is 11.5 Å². The molecular formula is C44H30N4O+2. The Balaban J connectivity index is 1.25. The van der Waals surface area contributed by atoms with E-state index in [1.165, 1.54) is 5.39 Å². The van der Waals surface area contributed by atoms with Crippen molar-refractivity contribution in [2.24, 2.45) is 0 Å². The molecule has 5 heteroatoms. The number of benzene rings is 7. The Hall–Kier alpha value is -6.81. The van der Waals surface area contributed by atoms with Crippen molar-refractivity contribution < 1.29 is 4.74 Å². The van der Waals surface area contributed by atoms with Crippen LogP contribution in [0.5, 0.6) is 11.5 Å². The van der Waals surface area contributed by atoms with Gasteiger partial charge >= 0.3 is 11.7 Å². The van der Waals surface area contributed by atoms with Crippen molar-refractivity contribution >= 4 is 39.5 Å². The van der Waals surface area contributed by atoms with Crippen LogP contribution in [0.2, 0.25) is 0 Å². The number of ether oxygens (including phenoxy) is 1. The van der Waals surface area contributed by atoms with E-state index < -0.39 is 0 Å². The van der Waals surface area contributed by atoms with Crippen LogP contribution in [0.25, 0.3) is 38.7 Å². The largest absolute Gasteiger partial charge is 0.503 e. The highest BCUT2D eigenvalue weighted by Gasteiger charge is 2.41. The van der Waals surface area contributed by atoms with Gasteiger partial charge in [-0.15, -0.1) is 0 Å². The van der Waals surface area contributed by atoms with Crippen LogP contribution in [-0.4, -0.2) is 15.8 Å². The van der Waals surface area contributed by atoms with E-state index in [2.05, 4.69) is 148 Å². The summed E-state index contributed by atoms with van der Waals surface area (Å²) in [6.07, 6.45) is 3.69. The summed E-state index contributed by atoms with van der Waals surface area (Å²) in [6, 6.07) is 62.6. The first-order valence-electron chi connectivity index (χ1n) is 16.3. The number of hydrogen-bond donors (Lipinski definition) is 0. The Morgan fingerprint density at radius 2 is 1.20 bits per heavy atom. The molecule has 0 saturated carbocycles. The third-order valence-corrected chi connectivity index (χ3v) is 8.87. The molecule has 0 spiro atoms. The fraction of sp³-hybridized carbons (Fsp3) is 0. The fourth-order valence-electron chi connectivity index (χ4n) is 6.64. The second kappa shape index (κ2) is 12.1. The molecule has 49 heavy (non-hydrogen) atoms. The molecule has 0 atom stereocenters. The average Bonchev–Trinajstić information content (AvgIpc) is 3.85. The van der Waals surface area contributed by atoms with Gasteiger partial charge in [0.2, 0.25) is 11.4 Å². The molecule has 230 valence electrons. The van der Waals surface area contributed by atoms with E-state index >= 15 is 0 Å². The van der Waals surface area contributed by atoms with Gasteiger partial charge in [-0.1, -0.05) is 97.1 Å². The van der Waals surface area contributed by atoms with Crippen molar-refractivity contribution in [3.05, 3.63) is 182 Å². The zero-order valence-corrected chi connectivity index (χ0v) is 26.5. The van der Waals surface area contributed by atoms with Gasteiger partial charge in [0.25, 0.3) is 5.69 Å². The van der Waals surface area contributed by atoms with Crippen molar-refractivity contribution in [3.8, 4) is 39.4 Å². The van der Waals surface area contributed by atoms with E-state index in [1.807, 2.05) is 53.3 Å². The smallest absolute Gasteiger partial charge is 0.457 e. The molecule has 0 radical (unpaired) electrons. The first-order chi connectivity index (χ1) is 24.3. The van der Waals surface area contributed by atoms with Crippen molar-refractivity contribution in [1.29, 1.82) is 0 Å². The molecular weight excluding hydrogens is 601 g/mol. The predicted molar refractivity (Wildman–Crippen MR) is 199 cm³/mol. The molecule has 0 fully saturated rings. The van der Waals surface area contributed by atoms with Crippen LogP contribution in [0.1, 0.15) is 0 Å².